The monoisotopic (exact) mass is 367 g/mol. The van der Waals surface area contributed by atoms with Gasteiger partial charge >= 0.3 is 5.97 Å². The largest absolute Gasteiger partial charge is 0.478 e. The molecule has 0 atom stereocenters. The number of benzene rings is 2. The molecule has 1 amide bonds. The van der Waals surface area contributed by atoms with Crippen molar-refractivity contribution >= 4 is 17.6 Å². The van der Waals surface area contributed by atoms with Gasteiger partial charge in [0.15, 0.2) is 0 Å². The third-order valence-electron chi connectivity index (χ3n) is 4.91. The Morgan fingerprint density at radius 3 is 2.07 bits per heavy atom. The van der Waals surface area contributed by atoms with Gasteiger partial charge in [0.1, 0.15) is 0 Å². The summed E-state index contributed by atoms with van der Waals surface area (Å²) in [5.74, 6) is -1.28. The van der Waals surface area contributed by atoms with Crippen LogP contribution in [0, 0.1) is 0 Å². The van der Waals surface area contributed by atoms with Gasteiger partial charge in [0.05, 0.1) is 11.1 Å². The van der Waals surface area contributed by atoms with Crippen molar-refractivity contribution in [3.63, 3.8) is 0 Å². The quantitative estimate of drug-likeness (QED) is 0.879. The van der Waals surface area contributed by atoms with Gasteiger partial charge in [-0.2, -0.15) is 0 Å². The number of carboxylic acids is 1. The van der Waals surface area contributed by atoms with Crippen LogP contribution < -0.4 is 4.90 Å². The van der Waals surface area contributed by atoms with Crippen molar-refractivity contribution in [1.82, 2.24) is 9.80 Å². The Balaban J connectivity index is 1.59. The smallest absolute Gasteiger partial charge is 0.336 e. The summed E-state index contributed by atoms with van der Waals surface area (Å²) in [6.45, 7) is 3.60. The second-order valence-corrected chi connectivity index (χ2v) is 6.98. The van der Waals surface area contributed by atoms with Gasteiger partial charge in [-0.3, -0.25) is 9.69 Å². The lowest BCUT2D eigenvalue weighted by Gasteiger charge is -2.35. The van der Waals surface area contributed by atoms with E-state index >= 15 is 0 Å². The summed E-state index contributed by atoms with van der Waals surface area (Å²) in [5.41, 5.74) is 2.74. The Morgan fingerprint density at radius 2 is 1.52 bits per heavy atom. The van der Waals surface area contributed by atoms with Crippen LogP contribution in [0.2, 0.25) is 0 Å². The van der Waals surface area contributed by atoms with Crippen LogP contribution in [0.5, 0.6) is 0 Å². The zero-order chi connectivity index (χ0) is 19.4. The lowest BCUT2D eigenvalue weighted by Crippen LogP contribution is -2.48. The highest BCUT2D eigenvalue weighted by Gasteiger charge is 2.25. The highest BCUT2D eigenvalue weighted by Crippen LogP contribution is 2.17. The van der Waals surface area contributed by atoms with Crippen molar-refractivity contribution in [2.24, 2.45) is 0 Å². The van der Waals surface area contributed by atoms with Crippen LogP contribution in [-0.4, -0.2) is 67.1 Å². The van der Waals surface area contributed by atoms with Gasteiger partial charge < -0.3 is 14.9 Å². The van der Waals surface area contributed by atoms with Gasteiger partial charge in [0.25, 0.3) is 5.91 Å². The molecule has 0 aliphatic carbocycles. The number of carbonyl (C=O) groups excluding carboxylic acids is 1. The Bertz CT molecular complexity index is 810. The van der Waals surface area contributed by atoms with Crippen LogP contribution in [0.15, 0.2) is 48.5 Å². The van der Waals surface area contributed by atoms with Crippen molar-refractivity contribution in [1.29, 1.82) is 0 Å². The van der Waals surface area contributed by atoms with E-state index in [9.17, 15) is 14.7 Å². The molecule has 1 saturated heterocycles. The van der Waals surface area contributed by atoms with E-state index in [0.717, 1.165) is 19.6 Å². The molecule has 0 saturated carbocycles. The SMILES string of the molecule is CN(C)c1ccc(CN2CCN(C(=O)c3ccccc3C(=O)O)CC2)cc1. The lowest BCUT2D eigenvalue weighted by atomic mass is 10.1. The highest BCUT2D eigenvalue weighted by atomic mass is 16.4. The molecular formula is C21H25N3O3. The summed E-state index contributed by atoms with van der Waals surface area (Å²) < 4.78 is 0. The summed E-state index contributed by atoms with van der Waals surface area (Å²) in [5, 5.41) is 9.29. The van der Waals surface area contributed by atoms with Crippen molar-refractivity contribution in [3.05, 3.63) is 65.2 Å². The van der Waals surface area contributed by atoms with Gasteiger partial charge in [0.2, 0.25) is 0 Å². The molecule has 1 fully saturated rings. The number of hydrogen-bond donors (Lipinski definition) is 1. The fourth-order valence-corrected chi connectivity index (χ4v) is 3.29. The summed E-state index contributed by atoms with van der Waals surface area (Å²) >= 11 is 0. The van der Waals surface area contributed by atoms with Crippen LogP contribution in [0.3, 0.4) is 0 Å². The van der Waals surface area contributed by atoms with Crippen molar-refractivity contribution in [2.75, 3.05) is 45.2 Å². The van der Waals surface area contributed by atoms with E-state index in [0.29, 0.717) is 13.1 Å². The van der Waals surface area contributed by atoms with Gasteiger partial charge in [-0.15, -0.1) is 0 Å². The van der Waals surface area contributed by atoms with Crippen LogP contribution in [0.1, 0.15) is 26.3 Å². The molecule has 0 aromatic heterocycles. The maximum atomic E-state index is 12.7. The first-order chi connectivity index (χ1) is 13.0. The van der Waals surface area contributed by atoms with Crippen LogP contribution in [-0.2, 0) is 6.54 Å². The van der Waals surface area contributed by atoms with Crippen LogP contribution >= 0.6 is 0 Å². The average Bonchev–Trinajstić information content (AvgIpc) is 2.68. The second kappa shape index (κ2) is 8.22. The highest BCUT2D eigenvalue weighted by molar-refractivity contribution is 6.04. The summed E-state index contributed by atoms with van der Waals surface area (Å²) in [7, 11) is 4.04. The maximum absolute atomic E-state index is 12.7. The first-order valence-corrected chi connectivity index (χ1v) is 9.06. The molecule has 2 aromatic rings. The minimum Gasteiger partial charge on any atom is -0.478 e. The molecule has 1 N–H and O–H groups in total. The molecule has 0 spiro atoms. The van der Waals surface area contributed by atoms with Gasteiger partial charge in [0, 0.05) is 52.5 Å². The molecule has 0 bridgehead atoms. The fraction of sp³-hybridized carbons (Fsp3) is 0.333. The molecule has 142 valence electrons. The van der Waals surface area contributed by atoms with E-state index in [-0.39, 0.29) is 17.0 Å². The Morgan fingerprint density at radius 1 is 0.926 bits per heavy atom. The number of anilines is 1. The van der Waals surface area contributed by atoms with Crippen LogP contribution in [0.25, 0.3) is 0 Å². The van der Waals surface area contributed by atoms with Gasteiger partial charge in [-0.1, -0.05) is 24.3 Å². The zero-order valence-corrected chi connectivity index (χ0v) is 15.8. The minimum atomic E-state index is -1.07. The van der Waals surface area contributed by atoms with Gasteiger partial charge in [-0.25, -0.2) is 4.79 Å². The maximum Gasteiger partial charge on any atom is 0.336 e. The lowest BCUT2D eigenvalue weighted by molar-refractivity contribution is 0.0609. The van der Waals surface area contributed by atoms with Crippen molar-refractivity contribution in [2.45, 2.75) is 6.54 Å². The number of hydrogen-bond acceptors (Lipinski definition) is 4. The molecule has 1 heterocycles. The third-order valence-corrected chi connectivity index (χ3v) is 4.91. The van der Waals surface area contributed by atoms with E-state index < -0.39 is 5.97 Å². The first-order valence-electron chi connectivity index (χ1n) is 9.06. The van der Waals surface area contributed by atoms with E-state index in [1.807, 2.05) is 14.1 Å². The fourth-order valence-electron chi connectivity index (χ4n) is 3.29. The molecule has 2 aromatic carbocycles. The molecule has 3 rings (SSSR count). The van der Waals surface area contributed by atoms with E-state index in [1.165, 1.54) is 17.3 Å². The number of carbonyl (C=O) groups is 2. The predicted octanol–water partition coefficient (Wildman–Crippen LogP) is 2.41. The van der Waals surface area contributed by atoms with E-state index in [4.69, 9.17) is 0 Å². The predicted molar refractivity (Wildman–Crippen MR) is 105 cm³/mol. The molecule has 1 aliphatic heterocycles. The number of nitrogens with zero attached hydrogens (tertiary/aromatic N) is 3. The summed E-state index contributed by atoms with van der Waals surface area (Å²) in [6, 6.07) is 14.9. The molecule has 0 radical (unpaired) electrons. The Hall–Kier alpha value is -2.86. The number of rotatable bonds is 5. The molecule has 0 unspecified atom stereocenters. The summed E-state index contributed by atoms with van der Waals surface area (Å²) in [6.07, 6.45) is 0. The molecule has 6 nitrogen and oxygen atoms in total. The van der Waals surface area contributed by atoms with E-state index in [1.54, 1.807) is 23.1 Å². The van der Waals surface area contributed by atoms with E-state index in [2.05, 4.69) is 34.1 Å². The second-order valence-electron chi connectivity index (χ2n) is 6.98. The van der Waals surface area contributed by atoms with Crippen molar-refractivity contribution in [3.8, 4) is 0 Å². The molecule has 1 aliphatic rings. The van der Waals surface area contributed by atoms with Crippen molar-refractivity contribution < 1.29 is 14.7 Å². The van der Waals surface area contributed by atoms with Crippen LogP contribution in [0.4, 0.5) is 5.69 Å². The number of piperazine rings is 1. The van der Waals surface area contributed by atoms with Gasteiger partial charge in [-0.05, 0) is 29.8 Å². The topological polar surface area (TPSA) is 64.1 Å². The molecule has 6 heteroatoms. The number of amides is 1. The normalized spacial score (nSPS) is 14.8. The molecule has 27 heavy (non-hydrogen) atoms. The first kappa shape index (κ1) is 18.9. The summed E-state index contributed by atoms with van der Waals surface area (Å²) in [4.78, 5) is 30.2. The zero-order valence-electron chi connectivity index (χ0n) is 15.8. The Kier molecular flexibility index (Phi) is 5.76. The standard InChI is InChI=1S/C21H25N3O3/c1-22(2)17-9-7-16(8-10-17)15-23-11-13-24(14-12-23)20(25)18-5-3-4-6-19(18)21(26)27/h3-10H,11-15H2,1-2H3,(H,26,27). The minimum absolute atomic E-state index is 0.0610. The number of carboxylic acid groups (broad SMARTS) is 1. The average molecular weight is 367 g/mol. The number of aromatic carboxylic acids is 1. The Labute approximate surface area is 159 Å². The third kappa shape index (κ3) is 4.46. The molecular weight excluding hydrogens is 342 g/mol.